The van der Waals surface area contributed by atoms with Crippen molar-refractivity contribution < 1.29 is 28.7 Å². The van der Waals surface area contributed by atoms with E-state index in [1.807, 2.05) is 25.1 Å². The number of aryl methyl sites for hydroxylation is 1. The fraction of sp³-hybridized carbons (Fsp3) is 0.333. The van der Waals surface area contributed by atoms with Gasteiger partial charge in [0, 0.05) is 6.20 Å². The van der Waals surface area contributed by atoms with Crippen molar-refractivity contribution in [3.05, 3.63) is 52.4 Å². The average molecular weight is 296 g/mol. The molecule has 0 N–H and O–H groups in total. The van der Waals surface area contributed by atoms with Crippen LogP contribution < -0.4 is 24.0 Å². The number of ether oxygens (including phenoxy) is 1. The van der Waals surface area contributed by atoms with Crippen LogP contribution in [0.1, 0.15) is 18.1 Å². The average Bonchev–Trinajstić information content (AvgIpc) is 2.46. The van der Waals surface area contributed by atoms with Crippen molar-refractivity contribution in [1.82, 2.24) is 9.55 Å². The number of hydrogen-bond donors (Lipinski definition) is 0. The van der Waals surface area contributed by atoms with Gasteiger partial charge < -0.3 is 9.84 Å². The van der Waals surface area contributed by atoms with E-state index in [1.54, 1.807) is 10.8 Å². The van der Waals surface area contributed by atoms with E-state index >= 15 is 0 Å². The molecule has 0 spiro atoms. The largest absolute Gasteiger partial charge is 1.00 e. The second-order valence-electron chi connectivity index (χ2n) is 4.45. The van der Waals surface area contributed by atoms with Crippen LogP contribution >= 0.6 is 12.2 Å². The minimum absolute atomic E-state index is 0. The number of nitrogens with zero attached hydrogens (tertiary/aromatic N) is 2. The summed E-state index contributed by atoms with van der Waals surface area (Å²) in [6, 6.07) is 10.1. The van der Waals surface area contributed by atoms with Crippen molar-refractivity contribution in [2.45, 2.75) is 26.5 Å². The Balaban J connectivity index is 0.00000220. The Kier molecular flexibility index (Phi) is 7.69. The van der Waals surface area contributed by atoms with Gasteiger partial charge in [-0.25, -0.2) is 4.98 Å². The molecule has 1 aromatic heterocycles. The molecule has 0 bridgehead atoms. The van der Waals surface area contributed by atoms with Gasteiger partial charge in [-0.15, -0.1) is 0 Å². The molecule has 0 saturated carbocycles. The Morgan fingerprint density at radius 1 is 1.29 bits per heavy atom. The molecular weight excluding hydrogens is 279 g/mol. The summed E-state index contributed by atoms with van der Waals surface area (Å²) in [5.41, 5.74) is 1.89. The summed E-state index contributed by atoms with van der Waals surface area (Å²) in [6.45, 7) is 2.85. The summed E-state index contributed by atoms with van der Waals surface area (Å²) in [5, 5.41) is 11.5. The van der Waals surface area contributed by atoms with Crippen LogP contribution in [0, 0.1) is 4.77 Å². The van der Waals surface area contributed by atoms with Gasteiger partial charge in [0.2, 0.25) is 4.77 Å². The maximum absolute atomic E-state index is 11.5. The van der Waals surface area contributed by atoms with Crippen molar-refractivity contribution in [3.8, 4) is 5.88 Å². The van der Waals surface area contributed by atoms with E-state index in [0.717, 1.165) is 6.42 Å². The van der Waals surface area contributed by atoms with E-state index in [0.29, 0.717) is 25.3 Å². The maximum Gasteiger partial charge on any atom is 1.00 e. The third kappa shape index (κ3) is 5.29. The van der Waals surface area contributed by atoms with Crippen molar-refractivity contribution in [2.24, 2.45) is 0 Å². The smallest absolute Gasteiger partial charge is 0.858 e. The van der Waals surface area contributed by atoms with Crippen molar-refractivity contribution in [3.63, 3.8) is 0 Å². The van der Waals surface area contributed by atoms with Crippen LogP contribution in [0.15, 0.2) is 36.5 Å². The topological polar surface area (TPSA) is 50.1 Å². The molecule has 21 heavy (non-hydrogen) atoms. The van der Waals surface area contributed by atoms with E-state index in [9.17, 15) is 5.11 Å². The van der Waals surface area contributed by atoms with Gasteiger partial charge in [0.15, 0.2) is 0 Å². The molecule has 0 fully saturated rings. The second-order valence-corrected chi connectivity index (χ2v) is 4.82. The van der Waals surface area contributed by atoms with Gasteiger partial charge in [-0.3, -0.25) is 4.57 Å². The fourth-order valence-corrected chi connectivity index (χ4v) is 2.04. The zero-order valence-electron chi connectivity index (χ0n) is 12.4. The first kappa shape index (κ1) is 17.9. The van der Waals surface area contributed by atoms with Crippen LogP contribution in [0.25, 0.3) is 0 Å². The van der Waals surface area contributed by atoms with Crippen LogP contribution in [0.3, 0.4) is 0 Å². The number of hydrogen-bond acceptors (Lipinski definition) is 4. The first-order valence-electron chi connectivity index (χ1n) is 6.59. The molecule has 2 aromatic rings. The van der Waals surface area contributed by atoms with Gasteiger partial charge in [0.1, 0.15) is 6.73 Å². The molecular formula is C15H17LiN2O2S. The van der Waals surface area contributed by atoms with E-state index in [-0.39, 0.29) is 29.5 Å². The third-order valence-electron chi connectivity index (χ3n) is 3.02. The number of benzene rings is 1. The van der Waals surface area contributed by atoms with Gasteiger partial charge in [-0.2, -0.15) is 0 Å². The molecule has 0 unspecified atom stereocenters. The molecule has 0 radical (unpaired) electrons. The number of rotatable bonds is 6. The Morgan fingerprint density at radius 3 is 2.67 bits per heavy atom. The summed E-state index contributed by atoms with van der Waals surface area (Å²) in [5.74, 6) is -0.238. The molecule has 0 atom stereocenters. The molecule has 0 aliphatic carbocycles. The molecule has 0 amide bonds. The summed E-state index contributed by atoms with van der Waals surface area (Å²) in [4.78, 5) is 3.82. The van der Waals surface area contributed by atoms with Crippen LogP contribution in [-0.2, 0) is 24.3 Å². The minimum Gasteiger partial charge on any atom is -0.858 e. The SMILES string of the molecule is CCc1cn(COCCc2ccccc2)c(=S)nc1[O-].[Li+]. The predicted molar refractivity (Wildman–Crippen MR) is 78.0 cm³/mol. The predicted octanol–water partition coefficient (Wildman–Crippen LogP) is -0.531. The third-order valence-corrected chi connectivity index (χ3v) is 3.34. The van der Waals surface area contributed by atoms with Crippen LogP contribution in [0.4, 0.5) is 0 Å². The molecule has 1 heterocycles. The van der Waals surface area contributed by atoms with Gasteiger partial charge in [0.25, 0.3) is 0 Å². The normalized spacial score (nSPS) is 10.1. The summed E-state index contributed by atoms with van der Waals surface area (Å²) in [7, 11) is 0. The first-order chi connectivity index (χ1) is 9.70. The van der Waals surface area contributed by atoms with Crippen molar-refractivity contribution in [2.75, 3.05) is 6.61 Å². The standard InChI is InChI=1S/C15H18N2O2S.Li/c1-2-13-10-17(15(20)16-14(13)18)11-19-9-8-12-6-4-3-5-7-12;/h3-7,10H,2,8-9,11H2,1H3,(H,16,18,20);/q;+1/p-1. The zero-order valence-corrected chi connectivity index (χ0v) is 13.2. The van der Waals surface area contributed by atoms with Crippen LogP contribution in [0.5, 0.6) is 5.88 Å². The fourth-order valence-electron chi connectivity index (χ4n) is 1.85. The van der Waals surface area contributed by atoms with Gasteiger partial charge in [-0.1, -0.05) is 37.3 Å². The van der Waals surface area contributed by atoms with Gasteiger partial charge in [0.05, 0.1) is 6.61 Å². The quantitative estimate of drug-likeness (QED) is 0.408. The molecule has 0 aliphatic rings. The second kappa shape index (κ2) is 9.01. The maximum atomic E-state index is 11.5. The molecule has 1 aromatic carbocycles. The summed E-state index contributed by atoms with van der Waals surface area (Å²) < 4.78 is 7.56. The Morgan fingerprint density at radius 2 is 2.00 bits per heavy atom. The molecule has 106 valence electrons. The monoisotopic (exact) mass is 296 g/mol. The van der Waals surface area contributed by atoms with E-state index in [4.69, 9.17) is 17.0 Å². The molecule has 6 heteroatoms. The molecule has 0 saturated heterocycles. The molecule has 4 nitrogen and oxygen atoms in total. The Labute approximate surface area is 142 Å². The zero-order chi connectivity index (χ0) is 14.4. The van der Waals surface area contributed by atoms with Crippen LogP contribution in [0.2, 0.25) is 0 Å². The van der Waals surface area contributed by atoms with E-state index < -0.39 is 0 Å². The summed E-state index contributed by atoms with van der Waals surface area (Å²) >= 11 is 5.06. The van der Waals surface area contributed by atoms with Crippen molar-refractivity contribution >= 4 is 12.2 Å². The summed E-state index contributed by atoms with van der Waals surface area (Å²) in [6.07, 6.45) is 3.23. The Hall–Kier alpha value is -1.12. The first-order valence-corrected chi connectivity index (χ1v) is 7.00. The number of aromatic nitrogens is 2. The molecule has 2 rings (SSSR count). The van der Waals surface area contributed by atoms with Crippen LogP contribution in [-0.4, -0.2) is 16.2 Å². The van der Waals surface area contributed by atoms with Crippen molar-refractivity contribution in [1.29, 1.82) is 0 Å². The Bertz CT molecular complexity index is 617. The van der Waals surface area contributed by atoms with E-state index in [1.165, 1.54) is 5.56 Å². The van der Waals surface area contributed by atoms with Gasteiger partial charge in [-0.05, 0) is 42.1 Å². The molecule has 0 aliphatic heterocycles. The van der Waals surface area contributed by atoms with Gasteiger partial charge >= 0.3 is 18.9 Å². The van der Waals surface area contributed by atoms with E-state index in [2.05, 4.69) is 17.1 Å². The minimum atomic E-state index is -0.238.